The summed E-state index contributed by atoms with van der Waals surface area (Å²) in [5.41, 5.74) is 0.777. The van der Waals surface area contributed by atoms with Gasteiger partial charge in [-0.2, -0.15) is 0 Å². The summed E-state index contributed by atoms with van der Waals surface area (Å²) >= 11 is 0. The minimum Gasteiger partial charge on any atom is -0.313 e. The second kappa shape index (κ2) is 6.52. The predicted octanol–water partition coefficient (Wildman–Crippen LogP) is 1.45. The van der Waals surface area contributed by atoms with Gasteiger partial charge < -0.3 is 5.32 Å². The van der Waals surface area contributed by atoms with Gasteiger partial charge >= 0.3 is 0 Å². The largest absolute Gasteiger partial charge is 0.313 e. The number of sulfonamides is 1. The highest BCUT2D eigenvalue weighted by Gasteiger charge is 2.20. The minimum absolute atomic E-state index is 0. The summed E-state index contributed by atoms with van der Waals surface area (Å²) in [6.07, 6.45) is 2.16. The Morgan fingerprint density at radius 3 is 2.72 bits per heavy atom. The normalized spacial score (nSPS) is 19.5. The maximum atomic E-state index is 12.1. The first-order valence-electron chi connectivity index (χ1n) is 5.88. The summed E-state index contributed by atoms with van der Waals surface area (Å²) < 4.78 is 26.8. The van der Waals surface area contributed by atoms with Crippen LogP contribution in [-0.4, -0.2) is 27.5 Å². The van der Waals surface area contributed by atoms with Crippen molar-refractivity contribution >= 4 is 22.4 Å². The monoisotopic (exact) mass is 290 g/mol. The fourth-order valence-corrected chi connectivity index (χ4v) is 3.40. The van der Waals surface area contributed by atoms with Crippen LogP contribution in [0.15, 0.2) is 29.2 Å². The molecule has 0 saturated carbocycles. The van der Waals surface area contributed by atoms with Gasteiger partial charge in [0.05, 0.1) is 4.90 Å². The molecule has 18 heavy (non-hydrogen) atoms. The Kier molecular flexibility index (Phi) is 5.59. The van der Waals surface area contributed by atoms with Crippen LogP contribution in [0.1, 0.15) is 18.4 Å². The molecule has 1 heterocycles. The molecule has 1 aliphatic rings. The number of hydrogen-bond acceptors (Lipinski definition) is 3. The number of rotatable bonds is 4. The van der Waals surface area contributed by atoms with E-state index in [0.717, 1.165) is 24.9 Å². The molecule has 2 N–H and O–H groups in total. The van der Waals surface area contributed by atoms with E-state index in [1.165, 1.54) is 0 Å². The lowest BCUT2D eigenvalue weighted by Crippen LogP contribution is -2.37. The first kappa shape index (κ1) is 15.4. The van der Waals surface area contributed by atoms with Crippen molar-refractivity contribution in [2.24, 2.45) is 0 Å². The van der Waals surface area contributed by atoms with E-state index in [9.17, 15) is 8.42 Å². The Morgan fingerprint density at radius 1 is 1.39 bits per heavy atom. The molecule has 2 rings (SSSR count). The van der Waals surface area contributed by atoms with Gasteiger partial charge in [-0.15, -0.1) is 12.4 Å². The summed E-state index contributed by atoms with van der Waals surface area (Å²) in [7, 11) is -3.37. The predicted molar refractivity (Wildman–Crippen MR) is 74.6 cm³/mol. The Balaban J connectivity index is 0.00000162. The highest BCUT2D eigenvalue weighted by molar-refractivity contribution is 7.89. The number of halogens is 1. The third kappa shape index (κ3) is 3.68. The van der Waals surface area contributed by atoms with E-state index in [1.54, 1.807) is 12.1 Å². The first-order chi connectivity index (χ1) is 8.09. The van der Waals surface area contributed by atoms with E-state index in [-0.39, 0.29) is 18.4 Å². The number of nitrogens with one attached hydrogen (secondary N) is 2. The van der Waals surface area contributed by atoms with Crippen LogP contribution < -0.4 is 10.0 Å². The number of benzene rings is 1. The highest BCUT2D eigenvalue weighted by atomic mass is 35.5. The molecule has 0 spiro atoms. The Morgan fingerprint density at radius 2 is 2.11 bits per heavy atom. The maximum Gasteiger partial charge on any atom is 0.240 e. The quantitative estimate of drug-likeness (QED) is 0.882. The van der Waals surface area contributed by atoms with Crippen LogP contribution in [0.2, 0.25) is 0 Å². The SMILES string of the molecule is Cc1ccccc1S(=O)(=O)NCC1CCCN1.Cl. The molecule has 0 aromatic heterocycles. The molecule has 102 valence electrons. The van der Waals surface area contributed by atoms with Gasteiger partial charge in [0.2, 0.25) is 10.0 Å². The van der Waals surface area contributed by atoms with Gasteiger partial charge in [-0.05, 0) is 37.9 Å². The molecule has 1 saturated heterocycles. The van der Waals surface area contributed by atoms with Gasteiger partial charge in [0, 0.05) is 12.6 Å². The van der Waals surface area contributed by atoms with Crippen molar-refractivity contribution in [1.82, 2.24) is 10.0 Å². The zero-order valence-electron chi connectivity index (χ0n) is 10.3. The van der Waals surface area contributed by atoms with Crippen molar-refractivity contribution in [2.45, 2.75) is 30.7 Å². The summed E-state index contributed by atoms with van der Waals surface area (Å²) in [6, 6.07) is 7.30. The molecule has 1 unspecified atom stereocenters. The summed E-state index contributed by atoms with van der Waals surface area (Å²) in [5.74, 6) is 0. The van der Waals surface area contributed by atoms with Gasteiger partial charge in [-0.3, -0.25) is 0 Å². The molecular formula is C12H19ClN2O2S. The van der Waals surface area contributed by atoms with Crippen molar-refractivity contribution in [1.29, 1.82) is 0 Å². The van der Waals surface area contributed by atoms with Crippen LogP contribution >= 0.6 is 12.4 Å². The molecular weight excluding hydrogens is 272 g/mol. The molecule has 1 aliphatic heterocycles. The minimum atomic E-state index is -3.37. The third-order valence-corrected chi connectivity index (χ3v) is 4.65. The molecule has 4 nitrogen and oxygen atoms in total. The lowest BCUT2D eigenvalue weighted by molar-refractivity contribution is 0.551. The molecule has 1 aromatic rings. The average Bonchev–Trinajstić information content (AvgIpc) is 2.80. The lowest BCUT2D eigenvalue weighted by Gasteiger charge is -2.13. The topological polar surface area (TPSA) is 58.2 Å². The zero-order valence-corrected chi connectivity index (χ0v) is 12.0. The van der Waals surface area contributed by atoms with Crippen LogP contribution in [0.25, 0.3) is 0 Å². The van der Waals surface area contributed by atoms with E-state index in [0.29, 0.717) is 11.4 Å². The maximum absolute atomic E-state index is 12.1. The van der Waals surface area contributed by atoms with E-state index < -0.39 is 10.0 Å². The molecule has 1 aromatic carbocycles. The average molecular weight is 291 g/mol. The zero-order chi connectivity index (χ0) is 12.3. The van der Waals surface area contributed by atoms with E-state index in [4.69, 9.17) is 0 Å². The lowest BCUT2D eigenvalue weighted by atomic mass is 10.2. The molecule has 0 amide bonds. The Hall–Kier alpha value is -0.620. The molecule has 1 atom stereocenters. The van der Waals surface area contributed by atoms with Crippen LogP contribution in [0.5, 0.6) is 0 Å². The summed E-state index contributed by atoms with van der Waals surface area (Å²) in [4.78, 5) is 0.373. The van der Waals surface area contributed by atoms with Crippen LogP contribution in [-0.2, 0) is 10.0 Å². The smallest absolute Gasteiger partial charge is 0.240 e. The van der Waals surface area contributed by atoms with E-state index in [1.807, 2.05) is 19.1 Å². The molecule has 0 radical (unpaired) electrons. The molecule has 0 bridgehead atoms. The van der Waals surface area contributed by atoms with Gasteiger partial charge in [0.25, 0.3) is 0 Å². The molecule has 1 fully saturated rings. The van der Waals surface area contributed by atoms with E-state index >= 15 is 0 Å². The fraction of sp³-hybridized carbons (Fsp3) is 0.500. The Labute approximate surface area is 115 Å². The third-order valence-electron chi connectivity index (χ3n) is 3.07. The van der Waals surface area contributed by atoms with Gasteiger partial charge in [-0.1, -0.05) is 18.2 Å². The summed E-state index contributed by atoms with van der Waals surface area (Å²) in [5, 5.41) is 3.27. The van der Waals surface area contributed by atoms with E-state index in [2.05, 4.69) is 10.0 Å². The van der Waals surface area contributed by atoms with Crippen molar-refractivity contribution in [3.8, 4) is 0 Å². The van der Waals surface area contributed by atoms with Crippen molar-refractivity contribution in [3.05, 3.63) is 29.8 Å². The van der Waals surface area contributed by atoms with Crippen molar-refractivity contribution in [2.75, 3.05) is 13.1 Å². The second-order valence-electron chi connectivity index (χ2n) is 4.41. The molecule has 6 heteroatoms. The Bertz CT molecular complexity index is 485. The first-order valence-corrected chi connectivity index (χ1v) is 7.36. The summed E-state index contributed by atoms with van der Waals surface area (Å²) in [6.45, 7) is 3.26. The van der Waals surface area contributed by atoms with Gasteiger partial charge in [-0.25, -0.2) is 13.1 Å². The van der Waals surface area contributed by atoms with Crippen LogP contribution in [0.4, 0.5) is 0 Å². The fourth-order valence-electron chi connectivity index (χ4n) is 2.08. The number of aryl methyl sites for hydroxylation is 1. The van der Waals surface area contributed by atoms with Gasteiger partial charge in [0.1, 0.15) is 0 Å². The van der Waals surface area contributed by atoms with Crippen molar-refractivity contribution < 1.29 is 8.42 Å². The van der Waals surface area contributed by atoms with Gasteiger partial charge in [0.15, 0.2) is 0 Å². The molecule has 0 aliphatic carbocycles. The second-order valence-corrected chi connectivity index (χ2v) is 6.15. The number of hydrogen-bond donors (Lipinski definition) is 2. The standard InChI is InChI=1S/C12H18N2O2S.ClH/c1-10-5-2-3-7-12(10)17(15,16)14-9-11-6-4-8-13-11;/h2-3,5,7,11,13-14H,4,6,8-9H2,1H3;1H. The highest BCUT2D eigenvalue weighted by Crippen LogP contribution is 2.14. The van der Waals surface area contributed by atoms with Crippen molar-refractivity contribution in [3.63, 3.8) is 0 Å². The van der Waals surface area contributed by atoms with Crippen LogP contribution in [0.3, 0.4) is 0 Å². The van der Waals surface area contributed by atoms with Crippen LogP contribution in [0, 0.1) is 6.92 Å².